The number of rotatable bonds is 2. The van der Waals surface area contributed by atoms with Crippen molar-refractivity contribution in [2.45, 2.75) is 25.8 Å². The van der Waals surface area contributed by atoms with Gasteiger partial charge in [-0.3, -0.25) is 0 Å². The molecule has 0 spiro atoms. The molecule has 1 aliphatic heterocycles. The molecule has 1 atom stereocenters. The van der Waals surface area contributed by atoms with Gasteiger partial charge in [0.05, 0.1) is 0 Å². The highest BCUT2D eigenvalue weighted by molar-refractivity contribution is 5.48. The van der Waals surface area contributed by atoms with Crippen molar-refractivity contribution in [3.63, 3.8) is 0 Å². The highest BCUT2D eigenvalue weighted by Crippen LogP contribution is 2.34. The number of piperazine rings is 1. The van der Waals surface area contributed by atoms with E-state index in [1.807, 2.05) is 19.1 Å². The molecule has 2 nitrogen and oxygen atoms in total. The summed E-state index contributed by atoms with van der Waals surface area (Å²) in [5, 5.41) is 3.57. The number of benzene rings is 1. The Kier molecular flexibility index (Phi) is 2.79. The zero-order valence-corrected chi connectivity index (χ0v) is 10.2. The zero-order chi connectivity index (χ0) is 11.8. The highest BCUT2D eigenvalue weighted by Gasteiger charge is 2.34. The molecule has 1 saturated heterocycles. The van der Waals surface area contributed by atoms with Crippen LogP contribution in [-0.2, 0) is 0 Å². The van der Waals surface area contributed by atoms with Crippen molar-refractivity contribution in [1.82, 2.24) is 5.32 Å². The van der Waals surface area contributed by atoms with Crippen LogP contribution in [0.4, 0.5) is 10.1 Å². The molecule has 1 saturated carbocycles. The molecule has 3 rings (SSSR count). The van der Waals surface area contributed by atoms with Gasteiger partial charge in [-0.2, -0.15) is 0 Å². The fraction of sp³-hybridized carbons (Fsp3) is 0.571. The minimum Gasteiger partial charge on any atom is -0.369 e. The molecule has 0 aromatic heterocycles. The first-order valence-corrected chi connectivity index (χ1v) is 6.48. The number of aryl methyl sites for hydroxylation is 1. The van der Waals surface area contributed by atoms with Crippen LogP contribution >= 0.6 is 0 Å². The van der Waals surface area contributed by atoms with Gasteiger partial charge in [0, 0.05) is 31.4 Å². The Morgan fingerprint density at radius 1 is 1.35 bits per heavy atom. The average Bonchev–Trinajstić information content (AvgIpc) is 3.17. The summed E-state index contributed by atoms with van der Waals surface area (Å²) in [6.45, 7) is 4.82. The number of nitrogens with zero attached hydrogens (tertiary/aromatic N) is 1. The average molecular weight is 234 g/mol. The van der Waals surface area contributed by atoms with Gasteiger partial charge in [-0.05, 0) is 43.4 Å². The van der Waals surface area contributed by atoms with Crippen molar-refractivity contribution >= 4 is 5.69 Å². The maximum Gasteiger partial charge on any atom is 0.128 e. The van der Waals surface area contributed by atoms with Gasteiger partial charge in [-0.1, -0.05) is 6.07 Å². The highest BCUT2D eigenvalue weighted by atomic mass is 19.1. The summed E-state index contributed by atoms with van der Waals surface area (Å²) in [6, 6.07) is 6.19. The standard InChI is InChI=1S/C14H19FN2/c1-10-2-5-12(8-13(10)15)17-7-6-16-14(9-17)11-3-4-11/h2,5,8,11,14,16H,3-4,6-7,9H2,1H3. The molecule has 1 heterocycles. The Hall–Kier alpha value is -1.09. The fourth-order valence-electron chi connectivity index (χ4n) is 2.61. The molecule has 1 unspecified atom stereocenters. The summed E-state index contributed by atoms with van der Waals surface area (Å²) >= 11 is 0. The largest absolute Gasteiger partial charge is 0.369 e. The lowest BCUT2D eigenvalue weighted by molar-refractivity contribution is 0.418. The fourth-order valence-corrected chi connectivity index (χ4v) is 2.61. The molecule has 1 aromatic carbocycles. The topological polar surface area (TPSA) is 15.3 Å². The first-order valence-electron chi connectivity index (χ1n) is 6.48. The van der Waals surface area contributed by atoms with Crippen LogP contribution in [0.5, 0.6) is 0 Å². The second-order valence-corrected chi connectivity index (χ2v) is 5.28. The number of anilines is 1. The molecule has 2 fully saturated rings. The van der Waals surface area contributed by atoms with Gasteiger partial charge in [0.15, 0.2) is 0 Å². The minimum absolute atomic E-state index is 0.0935. The zero-order valence-electron chi connectivity index (χ0n) is 10.2. The van der Waals surface area contributed by atoms with Gasteiger partial charge in [-0.15, -0.1) is 0 Å². The van der Waals surface area contributed by atoms with E-state index in [0.29, 0.717) is 6.04 Å². The van der Waals surface area contributed by atoms with E-state index in [-0.39, 0.29) is 5.82 Å². The van der Waals surface area contributed by atoms with Gasteiger partial charge in [0.1, 0.15) is 5.82 Å². The van der Waals surface area contributed by atoms with Crippen LogP contribution in [0.25, 0.3) is 0 Å². The monoisotopic (exact) mass is 234 g/mol. The van der Waals surface area contributed by atoms with E-state index in [1.54, 1.807) is 6.07 Å². The Bertz CT molecular complexity index is 415. The van der Waals surface area contributed by atoms with Crippen LogP contribution in [-0.4, -0.2) is 25.7 Å². The Morgan fingerprint density at radius 3 is 2.88 bits per heavy atom. The van der Waals surface area contributed by atoms with E-state index in [1.165, 1.54) is 12.8 Å². The molecule has 2 aliphatic rings. The number of hydrogen-bond acceptors (Lipinski definition) is 2. The molecule has 17 heavy (non-hydrogen) atoms. The van der Waals surface area contributed by atoms with Gasteiger partial charge in [0.25, 0.3) is 0 Å². The summed E-state index contributed by atoms with van der Waals surface area (Å²) < 4.78 is 13.6. The van der Waals surface area contributed by atoms with Gasteiger partial charge in [-0.25, -0.2) is 4.39 Å². The summed E-state index contributed by atoms with van der Waals surface area (Å²) in [5.74, 6) is 0.761. The molecular weight excluding hydrogens is 215 g/mol. The van der Waals surface area contributed by atoms with Crippen molar-refractivity contribution in [3.05, 3.63) is 29.6 Å². The van der Waals surface area contributed by atoms with Gasteiger partial charge >= 0.3 is 0 Å². The predicted octanol–water partition coefficient (Wildman–Crippen LogP) is 2.32. The van der Waals surface area contributed by atoms with Crippen molar-refractivity contribution < 1.29 is 4.39 Å². The van der Waals surface area contributed by atoms with Crippen LogP contribution in [0.2, 0.25) is 0 Å². The molecule has 92 valence electrons. The quantitative estimate of drug-likeness (QED) is 0.845. The summed E-state index contributed by atoms with van der Waals surface area (Å²) in [4.78, 5) is 2.31. The van der Waals surface area contributed by atoms with E-state index < -0.39 is 0 Å². The first kappa shape index (κ1) is 11.0. The summed E-state index contributed by atoms with van der Waals surface area (Å²) in [6.07, 6.45) is 2.71. The molecule has 1 N–H and O–H groups in total. The molecule has 1 aliphatic carbocycles. The van der Waals surface area contributed by atoms with Crippen LogP contribution < -0.4 is 10.2 Å². The lowest BCUT2D eigenvalue weighted by Crippen LogP contribution is -2.51. The van der Waals surface area contributed by atoms with Gasteiger partial charge in [0.2, 0.25) is 0 Å². The molecule has 0 amide bonds. The lowest BCUT2D eigenvalue weighted by Gasteiger charge is -2.35. The van der Waals surface area contributed by atoms with E-state index in [0.717, 1.165) is 36.8 Å². The van der Waals surface area contributed by atoms with Crippen LogP contribution in [0.1, 0.15) is 18.4 Å². The normalized spacial score (nSPS) is 25.1. The summed E-state index contributed by atoms with van der Waals surface area (Å²) in [7, 11) is 0. The van der Waals surface area contributed by atoms with Crippen molar-refractivity contribution in [2.24, 2.45) is 5.92 Å². The number of halogens is 1. The van der Waals surface area contributed by atoms with Crippen LogP contribution in [0.3, 0.4) is 0 Å². The summed E-state index contributed by atoms with van der Waals surface area (Å²) in [5.41, 5.74) is 1.75. The van der Waals surface area contributed by atoms with Crippen molar-refractivity contribution in [1.29, 1.82) is 0 Å². The third-order valence-electron chi connectivity index (χ3n) is 3.92. The van der Waals surface area contributed by atoms with E-state index >= 15 is 0 Å². The van der Waals surface area contributed by atoms with E-state index in [4.69, 9.17) is 0 Å². The third kappa shape index (κ3) is 2.29. The SMILES string of the molecule is Cc1ccc(N2CCNC(C3CC3)C2)cc1F. The number of hydrogen-bond donors (Lipinski definition) is 1. The smallest absolute Gasteiger partial charge is 0.128 e. The molecular formula is C14H19FN2. The second-order valence-electron chi connectivity index (χ2n) is 5.28. The second kappa shape index (κ2) is 4.30. The maximum absolute atomic E-state index is 13.6. The van der Waals surface area contributed by atoms with Crippen LogP contribution in [0, 0.1) is 18.7 Å². The predicted molar refractivity (Wildman–Crippen MR) is 67.9 cm³/mol. The molecule has 1 aromatic rings. The Morgan fingerprint density at radius 2 is 2.18 bits per heavy atom. The van der Waals surface area contributed by atoms with E-state index in [2.05, 4.69) is 10.2 Å². The first-order chi connectivity index (χ1) is 8.24. The lowest BCUT2D eigenvalue weighted by atomic mass is 10.1. The molecule has 0 radical (unpaired) electrons. The van der Waals surface area contributed by atoms with Crippen LogP contribution in [0.15, 0.2) is 18.2 Å². The Balaban J connectivity index is 1.75. The molecule has 0 bridgehead atoms. The van der Waals surface area contributed by atoms with Crippen molar-refractivity contribution in [2.75, 3.05) is 24.5 Å². The third-order valence-corrected chi connectivity index (χ3v) is 3.92. The number of nitrogens with one attached hydrogen (secondary N) is 1. The van der Waals surface area contributed by atoms with Gasteiger partial charge < -0.3 is 10.2 Å². The van der Waals surface area contributed by atoms with Crippen molar-refractivity contribution in [3.8, 4) is 0 Å². The molecule has 3 heteroatoms. The maximum atomic E-state index is 13.6. The van der Waals surface area contributed by atoms with E-state index in [9.17, 15) is 4.39 Å². The Labute approximate surface area is 102 Å². The minimum atomic E-state index is -0.0935.